The zero-order chi connectivity index (χ0) is 26.7. The van der Waals surface area contributed by atoms with Crippen molar-refractivity contribution < 1.29 is 14.7 Å². The molecule has 2 atom stereocenters. The van der Waals surface area contributed by atoms with Crippen LogP contribution < -0.4 is 5.32 Å². The summed E-state index contributed by atoms with van der Waals surface area (Å²) in [7, 11) is 0. The van der Waals surface area contributed by atoms with E-state index in [-0.39, 0.29) is 11.8 Å². The highest BCUT2D eigenvalue weighted by atomic mass is 35.5. The van der Waals surface area contributed by atoms with Crippen LogP contribution in [0.3, 0.4) is 0 Å². The summed E-state index contributed by atoms with van der Waals surface area (Å²) in [4.78, 5) is 24.6. The Labute approximate surface area is 227 Å². The summed E-state index contributed by atoms with van der Waals surface area (Å²) in [5.41, 5.74) is 2.64. The number of piperidine rings is 1. The average molecular weight is 527 g/mol. The summed E-state index contributed by atoms with van der Waals surface area (Å²) < 4.78 is 0. The van der Waals surface area contributed by atoms with E-state index < -0.39 is 5.60 Å². The zero-order valence-corrected chi connectivity index (χ0v) is 23.2. The van der Waals surface area contributed by atoms with Gasteiger partial charge in [-0.25, -0.2) is 0 Å². The van der Waals surface area contributed by atoms with Gasteiger partial charge in [-0.15, -0.1) is 0 Å². The highest BCUT2D eigenvalue weighted by Gasteiger charge is 2.42. The summed E-state index contributed by atoms with van der Waals surface area (Å²) in [5.74, 6) is -0.205. The van der Waals surface area contributed by atoms with Crippen LogP contribution in [0.4, 0.5) is 0 Å². The second kappa shape index (κ2) is 14.5. The van der Waals surface area contributed by atoms with Crippen LogP contribution in [0.1, 0.15) is 82.8 Å². The number of nitrogens with zero attached hydrogens (tertiary/aromatic N) is 1. The number of carbonyl (C=O) groups excluding carboxylic acids is 2. The fourth-order valence-electron chi connectivity index (χ4n) is 5.68. The molecule has 1 heterocycles. The van der Waals surface area contributed by atoms with Crippen molar-refractivity contribution in [1.82, 2.24) is 10.2 Å². The maximum absolute atomic E-state index is 12.3. The van der Waals surface area contributed by atoms with E-state index in [1.54, 1.807) is 4.90 Å². The van der Waals surface area contributed by atoms with E-state index in [0.29, 0.717) is 37.5 Å². The third-order valence-corrected chi connectivity index (χ3v) is 8.05. The molecule has 2 amide bonds. The first kappa shape index (κ1) is 29.2. The van der Waals surface area contributed by atoms with Crippen LogP contribution in [-0.4, -0.2) is 42.0 Å². The van der Waals surface area contributed by atoms with Gasteiger partial charge in [-0.1, -0.05) is 87.0 Å². The first-order valence-electron chi connectivity index (χ1n) is 13.9. The molecule has 1 aliphatic carbocycles. The van der Waals surface area contributed by atoms with Gasteiger partial charge >= 0.3 is 0 Å². The Kier molecular flexibility index (Phi) is 11.5. The molecule has 2 aromatic carbocycles. The van der Waals surface area contributed by atoms with E-state index in [0.717, 1.165) is 42.4 Å². The minimum absolute atomic E-state index is 0.0850. The zero-order valence-electron chi connectivity index (χ0n) is 22.5. The van der Waals surface area contributed by atoms with Crippen molar-refractivity contribution in [3.05, 3.63) is 58.6 Å². The predicted molar refractivity (Wildman–Crippen MR) is 152 cm³/mol. The van der Waals surface area contributed by atoms with Gasteiger partial charge in [0.2, 0.25) is 12.3 Å². The van der Waals surface area contributed by atoms with E-state index >= 15 is 0 Å². The van der Waals surface area contributed by atoms with Gasteiger partial charge in [0.15, 0.2) is 0 Å². The lowest BCUT2D eigenvalue weighted by atomic mass is 9.72. The van der Waals surface area contributed by atoms with Gasteiger partial charge in [0.25, 0.3) is 0 Å². The number of amides is 2. The van der Waals surface area contributed by atoms with Gasteiger partial charge in [-0.3, -0.25) is 9.59 Å². The number of aryl methyl sites for hydroxylation is 1. The second-order valence-electron chi connectivity index (χ2n) is 10.4. The predicted octanol–water partition coefficient (Wildman–Crippen LogP) is 6.49. The monoisotopic (exact) mass is 526 g/mol. The van der Waals surface area contributed by atoms with Gasteiger partial charge < -0.3 is 15.3 Å². The van der Waals surface area contributed by atoms with Gasteiger partial charge in [0.1, 0.15) is 0 Å². The van der Waals surface area contributed by atoms with Gasteiger partial charge in [-0.2, -0.15) is 0 Å². The van der Waals surface area contributed by atoms with Crippen LogP contribution in [0.5, 0.6) is 0 Å². The maximum Gasteiger partial charge on any atom is 0.216 e. The van der Waals surface area contributed by atoms with Crippen LogP contribution in [0.25, 0.3) is 11.1 Å². The molecule has 0 bridgehead atoms. The molecular weight excluding hydrogens is 484 g/mol. The third-order valence-electron chi connectivity index (χ3n) is 7.74. The molecule has 2 aromatic rings. The van der Waals surface area contributed by atoms with Crippen molar-refractivity contribution >= 4 is 23.9 Å². The molecule has 0 radical (unpaired) electrons. The van der Waals surface area contributed by atoms with Gasteiger partial charge in [-0.05, 0) is 54.9 Å². The van der Waals surface area contributed by atoms with Crippen LogP contribution in [-0.2, 0) is 21.6 Å². The fourth-order valence-corrected chi connectivity index (χ4v) is 5.97. The van der Waals surface area contributed by atoms with Crippen LogP contribution in [0.2, 0.25) is 5.02 Å². The molecule has 1 saturated heterocycles. The first-order valence-corrected chi connectivity index (χ1v) is 14.3. The number of rotatable bonds is 9. The summed E-state index contributed by atoms with van der Waals surface area (Å²) >= 11 is 6.73. The van der Waals surface area contributed by atoms with Crippen molar-refractivity contribution in [2.24, 2.45) is 5.92 Å². The fraction of sp³-hybridized carbons (Fsp3) is 0.548. The molecule has 2 unspecified atom stereocenters. The molecule has 202 valence electrons. The van der Waals surface area contributed by atoms with Crippen molar-refractivity contribution in [1.29, 1.82) is 0 Å². The molecule has 1 saturated carbocycles. The number of nitrogens with one attached hydrogen (secondary N) is 1. The third kappa shape index (κ3) is 8.05. The minimum atomic E-state index is -1.18. The van der Waals surface area contributed by atoms with Gasteiger partial charge in [0, 0.05) is 43.1 Å². The van der Waals surface area contributed by atoms with E-state index in [9.17, 15) is 14.7 Å². The molecule has 6 heteroatoms. The van der Waals surface area contributed by atoms with E-state index in [1.807, 2.05) is 30.3 Å². The molecule has 2 fully saturated rings. The van der Waals surface area contributed by atoms with Crippen LogP contribution >= 0.6 is 11.6 Å². The normalized spacial score (nSPS) is 18.9. The van der Waals surface area contributed by atoms with E-state index in [4.69, 9.17) is 11.6 Å². The molecule has 0 spiro atoms. The summed E-state index contributed by atoms with van der Waals surface area (Å²) in [5, 5.41) is 15.7. The minimum Gasteiger partial charge on any atom is -0.385 e. The summed E-state index contributed by atoms with van der Waals surface area (Å²) in [6.45, 7) is 5.30. The smallest absolute Gasteiger partial charge is 0.216 e. The topological polar surface area (TPSA) is 69.6 Å². The van der Waals surface area contributed by atoms with Crippen molar-refractivity contribution in [3.8, 4) is 11.1 Å². The Morgan fingerprint density at radius 2 is 1.84 bits per heavy atom. The average Bonchev–Trinajstić information content (AvgIpc) is 3.51. The van der Waals surface area contributed by atoms with Crippen molar-refractivity contribution in [2.45, 2.75) is 83.7 Å². The Morgan fingerprint density at radius 1 is 1.14 bits per heavy atom. The Hall–Kier alpha value is -2.37. The molecule has 4 rings (SSSR count). The van der Waals surface area contributed by atoms with Crippen molar-refractivity contribution in [2.75, 3.05) is 19.6 Å². The SMILES string of the molecule is C1CCCC1.CCc1cccc(-c2c(Cl)cccc2C(O)(CCCNC(C)=O)C2CCCN(C=O)C2)c1. The number of benzene rings is 2. The number of hydrogen-bond donors (Lipinski definition) is 2. The lowest BCUT2D eigenvalue weighted by Gasteiger charge is -2.43. The highest BCUT2D eigenvalue weighted by Crippen LogP contribution is 2.45. The summed E-state index contributed by atoms with van der Waals surface area (Å²) in [6, 6.07) is 14.0. The largest absolute Gasteiger partial charge is 0.385 e. The highest BCUT2D eigenvalue weighted by molar-refractivity contribution is 6.33. The molecule has 2 aliphatic rings. The van der Waals surface area contributed by atoms with E-state index in [1.165, 1.54) is 44.6 Å². The Balaban J connectivity index is 0.000000678. The molecular formula is C31H43ClN2O3. The standard InChI is InChI=1S/C26H33ClN2O3.C5H10/c1-3-20-8-4-9-21(16-20)25-23(11-5-12-24(25)27)26(32,13-7-14-28-19(2)31)22-10-6-15-29(17-22)18-30;1-2-4-5-3-1/h4-5,8-9,11-12,16,18,22,32H,3,6-7,10,13-15,17H2,1-2H3,(H,28,31);1-5H2. The Morgan fingerprint density at radius 3 is 2.49 bits per heavy atom. The molecule has 0 aromatic heterocycles. The van der Waals surface area contributed by atoms with Gasteiger partial charge in [0.05, 0.1) is 5.60 Å². The molecule has 1 aliphatic heterocycles. The second-order valence-corrected chi connectivity index (χ2v) is 10.8. The number of likely N-dealkylation sites (tertiary alicyclic amines) is 1. The lowest BCUT2D eigenvalue weighted by Crippen LogP contribution is -2.46. The molecule has 5 nitrogen and oxygen atoms in total. The number of halogens is 1. The number of aliphatic hydroxyl groups is 1. The molecule has 2 N–H and O–H groups in total. The summed E-state index contributed by atoms with van der Waals surface area (Å²) in [6.07, 6.45) is 12.0. The number of carbonyl (C=O) groups is 2. The maximum atomic E-state index is 12.3. The van der Waals surface area contributed by atoms with E-state index in [2.05, 4.69) is 24.4 Å². The van der Waals surface area contributed by atoms with Crippen LogP contribution in [0.15, 0.2) is 42.5 Å². The van der Waals surface area contributed by atoms with Crippen LogP contribution in [0, 0.1) is 5.92 Å². The quantitative estimate of drug-likeness (QED) is 0.290. The number of hydrogen-bond acceptors (Lipinski definition) is 3. The first-order chi connectivity index (χ1) is 17.9. The Bertz CT molecular complexity index is 1020. The lowest BCUT2D eigenvalue weighted by molar-refractivity contribution is -0.124. The van der Waals surface area contributed by atoms with Crippen molar-refractivity contribution in [3.63, 3.8) is 0 Å². The molecule has 37 heavy (non-hydrogen) atoms.